The lowest BCUT2D eigenvalue weighted by atomic mass is 10.2. The van der Waals surface area contributed by atoms with E-state index in [-0.39, 0.29) is 23.7 Å². The van der Waals surface area contributed by atoms with Crippen LogP contribution in [0.3, 0.4) is 0 Å². The number of carbonyl (C=O) groups is 1. The van der Waals surface area contributed by atoms with Gasteiger partial charge in [-0.05, 0) is 31.2 Å². The van der Waals surface area contributed by atoms with Gasteiger partial charge in [-0.3, -0.25) is 9.97 Å². The number of nitrogens with zero attached hydrogens (tertiary/aromatic N) is 4. The first-order valence-corrected chi connectivity index (χ1v) is 9.68. The van der Waals surface area contributed by atoms with Crippen LogP contribution in [0.4, 0.5) is 13.2 Å². The molecule has 9 nitrogen and oxygen atoms in total. The maximum atomic E-state index is 12.5. The summed E-state index contributed by atoms with van der Waals surface area (Å²) in [5, 5.41) is 4.18. The first kappa shape index (κ1) is 21.2. The number of pyridine rings is 2. The molecular formula is C17H13F3N4O5S. The average Bonchev–Trinajstić information content (AvgIpc) is 3.14. The van der Waals surface area contributed by atoms with Crippen molar-refractivity contribution in [1.82, 2.24) is 19.7 Å². The fraction of sp³-hybridized carbons (Fsp3) is 0.176. The van der Waals surface area contributed by atoms with Gasteiger partial charge in [-0.2, -0.15) is 26.7 Å². The predicted octanol–water partition coefficient (Wildman–Crippen LogP) is 2.73. The van der Waals surface area contributed by atoms with Crippen LogP contribution in [-0.4, -0.2) is 46.3 Å². The molecule has 0 aliphatic carbocycles. The van der Waals surface area contributed by atoms with Crippen molar-refractivity contribution in [2.24, 2.45) is 0 Å². The van der Waals surface area contributed by atoms with Crippen LogP contribution in [0.5, 0.6) is 5.75 Å². The first-order valence-electron chi connectivity index (χ1n) is 8.27. The van der Waals surface area contributed by atoms with Crippen molar-refractivity contribution in [3.63, 3.8) is 0 Å². The van der Waals surface area contributed by atoms with Gasteiger partial charge in [0, 0.05) is 12.3 Å². The van der Waals surface area contributed by atoms with Gasteiger partial charge in [-0.15, -0.1) is 0 Å². The number of ether oxygens (including phenoxy) is 1. The Kier molecular flexibility index (Phi) is 5.73. The summed E-state index contributed by atoms with van der Waals surface area (Å²) in [5.74, 6) is -1.31. The molecule has 0 amide bonds. The van der Waals surface area contributed by atoms with E-state index in [1.807, 2.05) is 0 Å². The zero-order chi connectivity index (χ0) is 21.9. The van der Waals surface area contributed by atoms with Gasteiger partial charge in [-0.25, -0.2) is 9.48 Å². The molecule has 0 fully saturated rings. The van der Waals surface area contributed by atoms with Gasteiger partial charge in [0.25, 0.3) is 0 Å². The van der Waals surface area contributed by atoms with Gasteiger partial charge in [-0.1, -0.05) is 0 Å². The number of halogens is 3. The summed E-state index contributed by atoms with van der Waals surface area (Å²) in [6.07, 6.45) is 3.81. The summed E-state index contributed by atoms with van der Waals surface area (Å²) < 4.78 is 69.9. The van der Waals surface area contributed by atoms with Crippen LogP contribution in [0, 0.1) is 0 Å². The van der Waals surface area contributed by atoms with Gasteiger partial charge in [0.05, 0.1) is 36.1 Å². The number of alkyl halides is 3. The molecule has 13 heteroatoms. The van der Waals surface area contributed by atoms with Crippen LogP contribution in [0.15, 0.2) is 48.9 Å². The fourth-order valence-corrected chi connectivity index (χ4v) is 2.75. The summed E-state index contributed by atoms with van der Waals surface area (Å²) in [5.41, 5.74) is -4.66. The van der Waals surface area contributed by atoms with E-state index < -0.39 is 27.3 Å². The molecule has 0 radical (unpaired) electrons. The highest BCUT2D eigenvalue weighted by Crippen LogP contribution is 2.28. The second-order valence-electron chi connectivity index (χ2n) is 5.62. The Bertz CT molecular complexity index is 1150. The van der Waals surface area contributed by atoms with Crippen LogP contribution >= 0.6 is 0 Å². The third-order valence-corrected chi connectivity index (χ3v) is 4.55. The molecule has 158 valence electrons. The van der Waals surface area contributed by atoms with E-state index in [0.717, 1.165) is 12.3 Å². The molecule has 0 unspecified atom stereocenters. The molecular weight excluding hydrogens is 429 g/mol. The molecule has 0 N–H and O–H groups in total. The van der Waals surface area contributed by atoms with E-state index in [4.69, 9.17) is 4.74 Å². The molecule has 30 heavy (non-hydrogen) atoms. The van der Waals surface area contributed by atoms with Gasteiger partial charge in [0.1, 0.15) is 0 Å². The van der Waals surface area contributed by atoms with E-state index >= 15 is 0 Å². The second kappa shape index (κ2) is 8.10. The zero-order valence-electron chi connectivity index (χ0n) is 15.2. The summed E-state index contributed by atoms with van der Waals surface area (Å²) in [6.45, 7) is 1.76. The van der Waals surface area contributed by atoms with Gasteiger partial charge >= 0.3 is 21.6 Å². The minimum absolute atomic E-state index is 0.0301. The van der Waals surface area contributed by atoms with E-state index in [1.54, 1.807) is 19.1 Å². The monoisotopic (exact) mass is 442 g/mol. The third kappa shape index (κ3) is 4.40. The number of aromatic nitrogens is 4. The highest BCUT2D eigenvalue weighted by molar-refractivity contribution is 7.88. The maximum absolute atomic E-state index is 12.5. The number of esters is 1. The largest absolute Gasteiger partial charge is 0.534 e. The second-order valence-corrected chi connectivity index (χ2v) is 7.16. The SMILES string of the molecule is CCOC(=O)c1cc(-c2ccc(OS(=O)(=O)C(F)(F)F)cn2)n(-c2cccnc2)n1. The predicted molar refractivity (Wildman–Crippen MR) is 96.1 cm³/mol. The van der Waals surface area contributed by atoms with Crippen molar-refractivity contribution in [3.8, 4) is 22.8 Å². The Labute approximate surface area is 168 Å². The number of carbonyl (C=O) groups excluding carboxylic acids is 1. The van der Waals surface area contributed by atoms with Crippen LogP contribution in [0.1, 0.15) is 17.4 Å². The van der Waals surface area contributed by atoms with E-state index in [2.05, 4.69) is 19.2 Å². The minimum Gasteiger partial charge on any atom is -0.461 e. The molecule has 0 atom stereocenters. The third-order valence-electron chi connectivity index (χ3n) is 3.57. The van der Waals surface area contributed by atoms with Crippen molar-refractivity contribution in [1.29, 1.82) is 0 Å². The van der Waals surface area contributed by atoms with Gasteiger partial charge < -0.3 is 8.92 Å². The molecule has 0 aliphatic heterocycles. The lowest BCUT2D eigenvalue weighted by Crippen LogP contribution is -2.28. The van der Waals surface area contributed by atoms with Crippen molar-refractivity contribution >= 4 is 16.1 Å². The minimum atomic E-state index is -5.82. The quantitative estimate of drug-likeness (QED) is 0.325. The Balaban J connectivity index is 1.99. The summed E-state index contributed by atoms with van der Waals surface area (Å²) in [7, 11) is -5.82. The Morgan fingerprint density at radius 2 is 1.97 bits per heavy atom. The molecule has 3 rings (SSSR count). The molecule has 0 saturated heterocycles. The molecule has 0 spiro atoms. The highest BCUT2D eigenvalue weighted by atomic mass is 32.2. The van der Waals surface area contributed by atoms with Crippen molar-refractivity contribution < 1.29 is 35.3 Å². The zero-order valence-corrected chi connectivity index (χ0v) is 16.0. The number of hydrogen-bond donors (Lipinski definition) is 0. The Morgan fingerprint density at radius 1 is 1.20 bits per heavy atom. The molecule has 0 bridgehead atoms. The smallest absolute Gasteiger partial charge is 0.461 e. The molecule has 0 aliphatic rings. The lowest BCUT2D eigenvalue weighted by Gasteiger charge is -2.10. The van der Waals surface area contributed by atoms with Gasteiger partial charge in [0.15, 0.2) is 11.4 Å². The van der Waals surface area contributed by atoms with Crippen LogP contribution < -0.4 is 4.18 Å². The number of rotatable bonds is 6. The van der Waals surface area contributed by atoms with E-state index in [1.165, 1.54) is 29.2 Å². The number of hydrogen-bond acceptors (Lipinski definition) is 8. The highest BCUT2D eigenvalue weighted by Gasteiger charge is 2.48. The standard InChI is InChI=1S/C17H13F3N4O5S/c1-2-28-16(25)14-8-15(24(23-14)11-4-3-7-21-9-11)13-6-5-12(10-22-13)29-30(26,27)17(18,19)20/h3-10H,2H2,1H3. The molecule has 0 saturated carbocycles. The van der Waals surface area contributed by atoms with Crippen molar-refractivity contribution in [2.45, 2.75) is 12.4 Å². The topological polar surface area (TPSA) is 113 Å². The molecule has 3 heterocycles. The molecule has 3 aromatic rings. The summed E-state index contributed by atoms with van der Waals surface area (Å²) in [6, 6.07) is 6.89. The Hall–Kier alpha value is -3.48. The van der Waals surface area contributed by atoms with E-state index in [0.29, 0.717) is 5.69 Å². The summed E-state index contributed by atoms with van der Waals surface area (Å²) in [4.78, 5) is 20.0. The van der Waals surface area contributed by atoms with Crippen LogP contribution in [0.2, 0.25) is 0 Å². The normalized spacial score (nSPS) is 11.9. The summed E-state index contributed by atoms with van der Waals surface area (Å²) >= 11 is 0. The van der Waals surface area contributed by atoms with Crippen molar-refractivity contribution in [3.05, 3.63) is 54.6 Å². The van der Waals surface area contributed by atoms with E-state index in [9.17, 15) is 26.4 Å². The molecule has 3 aromatic heterocycles. The lowest BCUT2D eigenvalue weighted by molar-refractivity contribution is -0.0500. The van der Waals surface area contributed by atoms with Crippen LogP contribution in [-0.2, 0) is 14.9 Å². The van der Waals surface area contributed by atoms with Crippen LogP contribution in [0.25, 0.3) is 17.1 Å². The fourth-order valence-electron chi connectivity index (χ4n) is 2.30. The first-order chi connectivity index (χ1) is 14.1. The van der Waals surface area contributed by atoms with Crippen molar-refractivity contribution in [2.75, 3.05) is 6.61 Å². The average molecular weight is 442 g/mol. The Morgan fingerprint density at radius 3 is 2.53 bits per heavy atom. The molecule has 0 aromatic carbocycles. The van der Waals surface area contributed by atoms with Gasteiger partial charge in [0.2, 0.25) is 0 Å². The maximum Gasteiger partial charge on any atom is 0.534 e.